The van der Waals surface area contributed by atoms with Crippen molar-refractivity contribution in [1.82, 2.24) is 25.0 Å². The summed E-state index contributed by atoms with van der Waals surface area (Å²) in [6, 6.07) is 11.8. The third kappa shape index (κ3) is 7.13. The number of halogens is 3. The number of hydrogen-bond acceptors (Lipinski definition) is 5. The topological polar surface area (TPSA) is 118 Å². The number of carbonyl (C=O) groups is 3. The summed E-state index contributed by atoms with van der Waals surface area (Å²) in [6.07, 6.45) is 6.74. The van der Waals surface area contributed by atoms with E-state index in [4.69, 9.17) is 11.6 Å². The fourth-order valence-corrected chi connectivity index (χ4v) is 8.16. The number of hydrogen-bond donors (Lipinski definition) is 3. The number of aromatic hydroxyl groups is 1. The molecule has 3 aliphatic heterocycles. The molecule has 2 aromatic carbocycles. The molecule has 3 aliphatic rings. The summed E-state index contributed by atoms with van der Waals surface area (Å²) >= 11 is 13.2. The van der Waals surface area contributed by atoms with Crippen LogP contribution >= 0.6 is 43.5 Å². The number of phenols is 1. The van der Waals surface area contributed by atoms with Crippen molar-refractivity contribution in [3.63, 3.8) is 0 Å². The molecule has 13 heteroatoms. The van der Waals surface area contributed by atoms with Crippen LogP contribution in [0.2, 0.25) is 5.02 Å². The first-order valence-electron chi connectivity index (χ1n) is 15.4. The third-order valence-electron chi connectivity index (χ3n) is 9.24. The maximum Gasteiger partial charge on any atom is 0.322 e. The highest BCUT2D eigenvalue weighted by atomic mass is 79.9. The number of amides is 5. The zero-order valence-corrected chi connectivity index (χ0v) is 29.0. The molecule has 0 unspecified atom stereocenters. The Morgan fingerprint density at radius 2 is 1.65 bits per heavy atom. The summed E-state index contributed by atoms with van der Waals surface area (Å²) in [5, 5.41) is 16.8. The van der Waals surface area contributed by atoms with Gasteiger partial charge in [-0.25, -0.2) is 9.59 Å². The summed E-state index contributed by atoms with van der Waals surface area (Å²) in [4.78, 5) is 50.0. The number of benzene rings is 2. The number of aromatic nitrogens is 1. The Balaban J connectivity index is 1.11. The largest absolute Gasteiger partial charge is 0.506 e. The van der Waals surface area contributed by atoms with E-state index in [1.165, 1.54) is 5.56 Å². The average Bonchev–Trinajstić information content (AvgIpc) is 3.07. The normalized spacial score (nSPS) is 18.2. The number of phenolic OH excluding ortho intramolecular Hbond substituents is 1. The van der Waals surface area contributed by atoms with Gasteiger partial charge in [0, 0.05) is 67.3 Å². The number of nitrogens with zero attached hydrogens (tertiary/aromatic N) is 4. The van der Waals surface area contributed by atoms with Gasteiger partial charge in [0.05, 0.1) is 15.5 Å². The summed E-state index contributed by atoms with van der Waals surface area (Å²) in [5.41, 5.74) is 3.64. The Hall–Kier alpha value is -3.35. The molecule has 6 rings (SSSR count). The lowest BCUT2D eigenvalue weighted by Crippen LogP contribution is -2.57. The first kappa shape index (κ1) is 32.6. The highest BCUT2D eigenvalue weighted by Crippen LogP contribution is 2.35. The number of piperidine rings is 2. The highest BCUT2D eigenvalue weighted by molar-refractivity contribution is 9.11. The lowest BCUT2D eigenvalue weighted by atomic mass is 9.89. The number of nitrogens with one attached hydrogen (secondary N) is 2. The van der Waals surface area contributed by atoms with Gasteiger partial charge in [0.15, 0.2) is 0 Å². The summed E-state index contributed by atoms with van der Waals surface area (Å²) in [6.45, 7) is 2.51. The third-order valence-corrected chi connectivity index (χ3v) is 10.8. The second-order valence-corrected chi connectivity index (χ2v) is 14.2. The Kier molecular flexibility index (Phi) is 10.0. The number of likely N-dealkylation sites (tertiary alicyclic amines) is 2. The van der Waals surface area contributed by atoms with Gasteiger partial charge in [-0.05, 0) is 111 Å². The van der Waals surface area contributed by atoms with Crippen LogP contribution in [0.4, 0.5) is 15.3 Å². The zero-order valence-electron chi connectivity index (χ0n) is 25.1. The van der Waals surface area contributed by atoms with Crippen molar-refractivity contribution in [3.05, 3.63) is 85.5 Å². The minimum atomic E-state index is -0.794. The number of anilines is 1. The molecule has 0 spiro atoms. The average molecular weight is 775 g/mol. The smallest absolute Gasteiger partial charge is 0.322 e. The van der Waals surface area contributed by atoms with E-state index >= 15 is 0 Å². The summed E-state index contributed by atoms with van der Waals surface area (Å²) < 4.78 is 1.00. The van der Waals surface area contributed by atoms with Crippen molar-refractivity contribution in [2.75, 3.05) is 31.5 Å². The minimum absolute atomic E-state index is 0.0423. The highest BCUT2D eigenvalue weighted by Gasteiger charge is 2.35. The Labute approximate surface area is 289 Å². The Bertz CT molecular complexity index is 1590. The molecular formula is C33H35Br2ClN6O4. The Morgan fingerprint density at radius 1 is 1.00 bits per heavy atom. The van der Waals surface area contributed by atoms with E-state index < -0.39 is 6.04 Å². The molecule has 3 aromatic rings. The number of fused-ring (bicyclic) bond motifs is 1. The van der Waals surface area contributed by atoms with E-state index in [0.717, 1.165) is 29.7 Å². The molecule has 0 saturated carbocycles. The fourth-order valence-electron chi connectivity index (χ4n) is 6.64. The van der Waals surface area contributed by atoms with Crippen molar-refractivity contribution < 1.29 is 19.5 Å². The van der Waals surface area contributed by atoms with Crippen LogP contribution in [0.15, 0.2) is 63.8 Å². The molecule has 2 saturated heterocycles. The van der Waals surface area contributed by atoms with Gasteiger partial charge in [0.25, 0.3) is 0 Å². The standard InChI is InChI=1S/C33H35Br2ClN6O4/c34-25-16-20(17-26(35)30(25)43)18-29(31(44)40-12-6-22(7-13-40)21-4-10-37-11-5-21)39-32(45)41-14-8-23(9-15-41)42-19-24-27(36)2-1-3-28(24)38-33(42)46/h1-5,10-11,16-17,22-23,29,43H,6-9,12-15,18-19H2,(H,38,46)(H,39,45)/t29-/m1/s1. The van der Waals surface area contributed by atoms with E-state index in [-0.39, 0.29) is 36.2 Å². The molecule has 4 heterocycles. The predicted molar refractivity (Wildman–Crippen MR) is 183 cm³/mol. The maximum absolute atomic E-state index is 14.0. The molecule has 0 bridgehead atoms. The van der Waals surface area contributed by atoms with Crippen LogP contribution in [0, 0.1) is 0 Å². The first-order valence-corrected chi connectivity index (χ1v) is 17.4. The molecule has 0 aliphatic carbocycles. The summed E-state index contributed by atoms with van der Waals surface area (Å²) in [5.74, 6) is 0.305. The van der Waals surface area contributed by atoms with Gasteiger partial charge in [0.2, 0.25) is 5.91 Å². The lowest BCUT2D eigenvalue weighted by molar-refractivity contribution is -0.134. The van der Waals surface area contributed by atoms with E-state index in [1.54, 1.807) is 34.3 Å². The summed E-state index contributed by atoms with van der Waals surface area (Å²) in [7, 11) is 0. The van der Waals surface area contributed by atoms with Crippen LogP contribution in [-0.2, 0) is 17.8 Å². The molecule has 242 valence electrons. The van der Waals surface area contributed by atoms with Crippen LogP contribution < -0.4 is 10.6 Å². The van der Waals surface area contributed by atoms with Gasteiger partial charge >= 0.3 is 12.1 Å². The SMILES string of the molecule is O=C(N[C@H](Cc1cc(Br)c(O)c(Br)c1)C(=O)N1CCC(c2ccncc2)CC1)N1CCC(N2Cc3c(Cl)cccc3NC2=O)CC1. The number of pyridine rings is 1. The molecule has 0 radical (unpaired) electrons. The number of carbonyl (C=O) groups excluding carboxylic acids is 3. The predicted octanol–water partition coefficient (Wildman–Crippen LogP) is 6.50. The lowest BCUT2D eigenvalue weighted by Gasteiger charge is -2.41. The van der Waals surface area contributed by atoms with Crippen LogP contribution in [-0.4, -0.2) is 81.0 Å². The van der Waals surface area contributed by atoms with Crippen LogP contribution in [0.1, 0.15) is 48.3 Å². The van der Waals surface area contributed by atoms with Gasteiger partial charge in [-0.15, -0.1) is 0 Å². The van der Waals surface area contributed by atoms with Crippen molar-refractivity contribution in [2.45, 2.75) is 56.7 Å². The van der Waals surface area contributed by atoms with Crippen molar-refractivity contribution in [1.29, 1.82) is 0 Å². The first-order chi connectivity index (χ1) is 22.2. The monoisotopic (exact) mass is 772 g/mol. The Morgan fingerprint density at radius 3 is 2.33 bits per heavy atom. The van der Waals surface area contributed by atoms with Gasteiger partial charge in [-0.3, -0.25) is 9.78 Å². The molecule has 10 nitrogen and oxygen atoms in total. The molecule has 46 heavy (non-hydrogen) atoms. The fraction of sp³-hybridized carbons (Fsp3) is 0.394. The van der Waals surface area contributed by atoms with Gasteiger partial charge < -0.3 is 30.4 Å². The molecular weight excluding hydrogens is 740 g/mol. The van der Waals surface area contributed by atoms with Gasteiger partial charge in [-0.2, -0.15) is 0 Å². The van der Waals surface area contributed by atoms with E-state index in [0.29, 0.717) is 65.5 Å². The number of rotatable bonds is 6. The zero-order chi connectivity index (χ0) is 32.4. The van der Waals surface area contributed by atoms with Crippen molar-refractivity contribution >= 4 is 67.1 Å². The molecule has 1 atom stereocenters. The minimum Gasteiger partial charge on any atom is -0.506 e. The van der Waals surface area contributed by atoms with Crippen LogP contribution in [0.3, 0.4) is 0 Å². The van der Waals surface area contributed by atoms with Gasteiger partial charge in [-0.1, -0.05) is 17.7 Å². The molecule has 1 aromatic heterocycles. The maximum atomic E-state index is 14.0. The van der Waals surface area contributed by atoms with Crippen LogP contribution in [0.5, 0.6) is 5.75 Å². The quantitative estimate of drug-likeness (QED) is 0.264. The number of urea groups is 2. The van der Waals surface area contributed by atoms with E-state index in [1.807, 2.05) is 35.2 Å². The van der Waals surface area contributed by atoms with Gasteiger partial charge in [0.1, 0.15) is 11.8 Å². The van der Waals surface area contributed by atoms with E-state index in [9.17, 15) is 19.5 Å². The van der Waals surface area contributed by atoms with Crippen molar-refractivity contribution in [2.24, 2.45) is 0 Å². The van der Waals surface area contributed by atoms with E-state index in [2.05, 4.69) is 47.5 Å². The van der Waals surface area contributed by atoms with Crippen molar-refractivity contribution in [3.8, 4) is 5.75 Å². The second kappa shape index (κ2) is 14.2. The second-order valence-electron chi connectivity index (χ2n) is 12.0. The molecule has 3 N–H and O–H groups in total. The molecule has 5 amide bonds. The van der Waals surface area contributed by atoms with Crippen LogP contribution in [0.25, 0.3) is 0 Å². The molecule has 2 fully saturated rings.